The van der Waals surface area contributed by atoms with Gasteiger partial charge in [0.1, 0.15) is 0 Å². The molecule has 1 N–H and O–H groups in total. The third-order valence-electron chi connectivity index (χ3n) is 3.65. The first kappa shape index (κ1) is 11.6. The van der Waals surface area contributed by atoms with Gasteiger partial charge < -0.3 is 5.32 Å². The number of hydrogen-bond acceptors (Lipinski definition) is 1. The van der Waals surface area contributed by atoms with Crippen LogP contribution in [0, 0.1) is 24.2 Å². The van der Waals surface area contributed by atoms with Gasteiger partial charge in [0.05, 0.1) is 0 Å². The van der Waals surface area contributed by atoms with Gasteiger partial charge in [0, 0.05) is 12.5 Å². The molecular weight excluding hydrogens is 170 g/mol. The van der Waals surface area contributed by atoms with E-state index in [0.717, 1.165) is 18.3 Å². The molecule has 0 heterocycles. The van der Waals surface area contributed by atoms with Crippen LogP contribution in [-0.4, -0.2) is 13.1 Å². The minimum absolute atomic E-state index is 0.695. The molecule has 0 spiro atoms. The molecule has 3 atom stereocenters. The molecule has 1 fully saturated rings. The highest BCUT2D eigenvalue weighted by atomic mass is 14.9. The third kappa shape index (κ3) is 3.03. The molecule has 1 heteroatoms. The predicted octanol–water partition coefficient (Wildman–Crippen LogP) is 2.81. The molecule has 0 saturated heterocycles. The molecule has 0 radical (unpaired) electrons. The Morgan fingerprint density at radius 3 is 2.79 bits per heavy atom. The van der Waals surface area contributed by atoms with E-state index in [-0.39, 0.29) is 0 Å². The van der Waals surface area contributed by atoms with Crippen molar-refractivity contribution in [2.75, 3.05) is 7.05 Å². The molecule has 0 aromatic carbocycles. The first-order chi connectivity index (χ1) is 6.79. The SMILES string of the molecule is C#CCCCC(NC)C1CCCC1C. The molecule has 1 rings (SSSR count). The van der Waals surface area contributed by atoms with E-state index in [1.165, 1.54) is 32.1 Å². The van der Waals surface area contributed by atoms with Crippen LogP contribution < -0.4 is 5.32 Å². The van der Waals surface area contributed by atoms with Crippen LogP contribution in [0.15, 0.2) is 0 Å². The van der Waals surface area contributed by atoms with Crippen LogP contribution in [0.4, 0.5) is 0 Å². The van der Waals surface area contributed by atoms with Crippen molar-refractivity contribution in [3.05, 3.63) is 0 Å². The molecule has 0 aromatic rings. The van der Waals surface area contributed by atoms with E-state index in [2.05, 4.69) is 25.2 Å². The maximum absolute atomic E-state index is 5.27. The Hall–Kier alpha value is -0.480. The van der Waals surface area contributed by atoms with Gasteiger partial charge in [0.15, 0.2) is 0 Å². The molecule has 80 valence electrons. The van der Waals surface area contributed by atoms with Crippen LogP contribution in [0.1, 0.15) is 45.4 Å². The van der Waals surface area contributed by atoms with Gasteiger partial charge in [0.25, 0.3) is 0 Å². The first-order valence-electron chi connectivity index (χ1n) is 5.90. The Labute approximate surface area is 88.7 Å². The fourth-order valence-electron chi connectivity index (χ4n) is 2.77. The smallest absolute Gasteiger partial charge is 0.00952 e. The van der Waals surface area contributed by atoms with Crippen LogP contribution in [0.25, 0.3) is 0 Å². The van der Waals surface area contributed by atoms with Crippen LogP contribution >= 0.6 is 0 Å². The minimum Gasteiger partial charge on any atom is -0.317 e. The second-order valence-corrected chi connectivity index (χ2v) is 4.56. The predicted molar refractivity (Wildman–Crippen MR) is 62.0 cm³/mol. The van der Waals surface area contributed by atoms with Crippen molar-refractivity contribution in [3.8, 4) is 12.3 Å². The number of nitrogens with one attached hydrogen (secondary N) is 1. The average molecular weight is 193 g/mol. The first-order valence-corrected chi connectivity index (χ1v) is 5.90. The van der Waals surface area contributed by atoms with Gasteiger partial charge >= 0.3 is 0 Å². The lowest BCUT2D eigenvalue weighted by Crippen LogP contribution is -2.34. The van der Waals surface area contributed by atoms with Crippen molar-refractivity contribution in [2.24, 2.45) is 11.8 Å². The standard InChI is InChI=1S/C13H23N/c1-4-5-6-10-13(14-3)12-9-7-8-11(12)2/h1,11-14H,5-10H2,2-3H3. The highest BCUT2D eigenvalue weighted by Gasteiger charge is 2.29. The van der Waals surface area contributed by atoms with Crippen LogP contribution in [-0.2, 0) is 0 Å². The lowest BCUT2D eigenvalue weighted by atomic mass is 9.87. The second kappa shape index (κ2) is 6.09. The van der Waals surface area contributed by atoms with Crippen molar-refractivity contribution in [2.45, 2.75) is 51.5 Å². The molecule has 1 nitrogen and oxygen atoms in total. The Bertz CT molecular complexity index is 192. The minimum atomic E-state index is 0.695. The van der Waals surface area contributed by atoms with E-state index in [1.54, 1.807) is 0 Å². The normalized spacial score (nSPS) is 28.6. The summed E-state index contributed by atoms with van der Waals surface area (Å²) in [7, 11) is 2.09. The van der Waals surface area contributed by atoms with E-state index in [9.17, 15) is 0 Å². The summed E-state index contributed by atoms with van der Waals surface area (Å²) in [6.45, 7) is 2.39. The Kier molecular flexibility index (Phi) is 5.04. The van der Waals surface area contributed by atoms with Gasteiger partial charge in [-0.3, -0.25) is 0 Å². The van der Waals surface area contributed by atoms with Crippen molar-refractivity contribution in [1.29, 1.82) is 0 Å². The highest BCUT2D eigenvalue weighted by molar-refractivity contribution is 4.87. The van der Waals surface area contributed by atoms with E-state index >= 15 is 0 Å². The zero-order chi connectivity index (χ0) is 10.4. The topological polar surface area (TPSA) is 12.0 Å². The molecule has 0 bridgehead atoms. The number of hydrogen-bond donors (Lipinski definition) is 1. The van der Waals surface area contributed by atoms with Gasteiger partial charge in [-0.25, -0.2) is 0 Å². The largest absolute Gasteiger partial charge is 0.317 e. The summed E-state index contributed by atoms with van der Waals surface area (Å²) in [5, 5.41) is 3.46. The fourth-order valence-corrected chi connectivity index (χ4v) is 2.77. The van der Waals surface area contributed by atoms with Crippen LogP contribution in [0.5, 0.6) is 0 Å². The van der Waals surface area contributed by atoms with E-state index in [0.29, 0.717) is 6.04 Å². The Morgan fingerprint density at radius 1 is 1.50 bits per heavy atom. The van der Waals surface area contributed by atoms with Gasteiger partial charge in [-0.05, 0) is 38.1 Å². The van der Waals surface area contributed by atoms with Gasteiger partial charge in [-0.15, -0.1) is 12.3 Å². The van der Waals surface area contributed by atoms with E-state index in [1.807, 2.05) is 0 Å². The molecule has 3 unspecified atom stereocenters. The summed E-state index contributed by atoms with van der Waals surface area (Å²) in [4.78, 5) is 0. The van der Waals surface area contributed by atoms with E-state index < -0.39 is 0 Å². The van der Waals surface area contributed by atoms with Crippen LogP contribution in [0.2, 0.25) is 0 Å². The fraction of sp³-hybridized carbons (Fsp3) is 0.846. The molecular formula is C13H23N. The molecule has 14 heavy (non-hydrogen) atoms. The molecule has 0 amide bonds. The van der Waals surface area contributed by atoms with Crippen LogP contribution in [0.3, 0.4) is 0 Å². The van der Waals surface area contributed by atoms with E-state index in [4.69, 9.17) is 6.42 Å². The highest BCUT2D eigenvalue weighted by Crippen LogP contribution is 2.34. The second-order valence-electron chi connectivity index (χ2n) is 4.56. The van der Waals surface area contributed by atoms with Gasteiger partial charge in [-0.1, -0.05) is 19.8 Å². The number of rotatable bonds is 5. The quantitative estimate of drug-likeness (QED) is 0.523. The molecule has 1 aliphatic carbocycles. The zero-order valence-electron chi connectivity index (χ0n) is 9.55. The lowest BCUT2D eigenvalue weighted by molar-refractivity contribution is 0.293. The monoisotopic (exact) mass is 193 g/mol. The maximum atomic E-state index is 5.27. The molecule has 0 aliphatic heterocycles. The molecule has 1 saturated carbocycles. The Morgan fingerprint density at radius 2 is 2.29 bits per heavy atom. The summed E-state index contributed by atoms with van der Waals surface area (Å²) in [6, 6.07) is 0.695. The van der Waals surface area contributed by atoms with Crippen molar-refractivity contribution in [1.82, 2.24) is 5.32 Å². The molecule has 0 aromatic heterocycles. The molecule has 1 aliphatic rings. The van der Waals surface area contributed by atoms with Gasteiger partial charge in [-0.2, -0.15) is 0 Å². The summed E-state index contributed by atoms with van der Waals surface area (Å²) in [5.74, 6) is 4.51. The summed E-state index contributed by atoms with van der Waals surface area (Å²) < 4.78 is 0. The average Bonchev–Trinajstić information content (AvgIpc) is 2.60. The van der Waals surface area contributed by atoms with Crippen molar-refractivity contribution in [3.63, 3.8) is 0 Å². The summed E-state index contributed by atoms with van der Waals surface area (Å²) in [5.41, 5.74) is 0. The maximum Gasteiger partial charge on any atom is 0.00952 e. The Balaban J connectivity index is 2.33. The lowest BCUT2D eigenvalue weighted by Gasteiger charge is -2.26. The number of terminal acetylenes is 1. The van der Waals surface area contributed by atoms with Crippen molar-refractivity contribution < 1.29 is 0 Å². The summed E-state index contributed by atoms with van der Waals surface area (Å²) in [6.07, 6.45) is 12.8. The van der Waals surface area contributed by atoms with Gasteiger partial charge in [0.2, 0.25) is 0 Å². The summed E-state index contributed by atoms with van der Waals surface area (Å²) >= 11 is 0. The van der Waals surface area contributed by atoms with Crippen molar-refractivity contribution >= 4 is 0 Å². The third-order valence-corrected chi connectivity index (χ3v) is 3.65. The number of unbranched alkanes of at least 4 members (excludes halogenated alkanes) is 1. The zero-order valence-corrected chi connectivity index (χ0v) is 9.55.